The molecule has 0 bridgehead atoms. The molecule has 0 amide bonds. The zero-order chi connectivity index (χ0) is 10.4. The third-order valence-electron chi connectivity index (χ3n) is 3.11. The molecule has 1 N–H and O–H groups in total. The largest absolute Gasteiger partial charge is 0.314 e. The topological polar surface area (TPSA) is 15.3 Å². The molecule has 0 radical (unpaired) electrons. The van der Waals surface area contributed by atoms with Gasteiger partial charge in [0.1, 0.15) is 0 Å². The predicted molar refractivity (Wildman–Crippen MR) is 62.6 cm³/mol. The Morgan fingerprint density at radius 3 is 2.57 bits per heavy atom. The lowest BCUT2D eigenvalue weighted by Gasteiger charge is -2.27. The highest BCUT2D eigenvalue weighted by Gasteiger charge is 2.20. The molecule has 84 valence electrons. The van der Waals surface area contributed by atoms with Gasteiger partial charge in [-0.15, -0.1) is 0 Å². The van der Waals surface area contributed by atoms with Crippen molar-refractivity contribution in [3.05, 3.63) is 0 Å². The minimum Gasteiger partial charge on any atom is -0.314 e. The summed E-state index contributed by atoms with van der Waals surface area (Å²) < 4.78 is 0. The molecule has 1 aliphatic carbocycles. The molecular formula is C12H26N2. The Morgan fingerprint density at radius 2 is 2.07 bits per heavy atom. The molecular weight excluding hydrogens is 172 g/mol. The van der Waals surface area contributed by atoms with Crippen molar-refractivity contribution in [1.82, 2.24) is 10.2 Å². The highest BCUT2D eigenvalue weighted by molar-refractivity contribution is 4.81. The van der Waals surface area contributed by atoms with Crippen LogP contribution in [0.4, 0.5) is 0 Å². The van der Waals surface area contributed by atoms with Gasteiger partial charge in [-0.05, 0) is 52.2 Å². The number of rotatable bonds is 8. The summed E-state index contributed by atoms with van der Waals surface area (Å²) in [7, 11) is 0. The Bertz CT molecular complexity index is 143. The molecule has 0 saturated heterocycles. The molecule has 0 aromatic carbocycles. The summed E-state index contributed by atoms with van der Waals surface area (Å²) in [5, 5.41) is 3.58. The first-order valence-corrected chi connectivity index (χ1v) is 6.25. The van der Waals surface area contributed by atoms with Crippen LogP contribution in [0.2, 0.25) is 0 Å². The second kappa shape index (κ2) is 6.41. The Labute approximate surface area is 89.1 Å². The standard InChI is InChI=1S/C12H26N2/c1-4-10-14(5-2)11(3)8-9-13-12-6-7-12/h11-13H,4-10H2,1-3H3. The monoisotopic (exact) mass is 198 g/mol. The van der Waals surface area contributed by atoms with E-state index in [1.165, 1.54) is 45.3 Å². The van der Waals surface area contributed by atoms with Gasteiger partial charge >= 0.3 is 0 Å². The lowest BCUT2D eigenvalue weighted by molar-refractivity contribution is 0.209. The van der Waals surface area contributed by atoms with E-state index in [-0.39, 0.29) is 0 Å². The summed E-state index contributed by atoms with van der Waals surface area (Å²) in [5.74, 6) is 0. The van der Waals surface area contributed by atoms with E-state index in [0.717, 1.165) is 12.1 Å². The summed E-state index contributed by atoms with van der Waals surface area (Å²) in [6.07, 6.45) is 5.38. The minimum atomic E-state index is 0.742. The van der Waals surface area contributed by atoms with E-state index in [1.54, 1.807) is 0 Å². The van der Waals surface area contributed by atoms with Crippen LogP contribution in [-0.4, -0.2) is 36.6 Å². The maximum Gasteiger partial charge on any atom is 0.00788 e. The van der Waals surface area contributed by atoms with Crippen molar-refractivity contribution in [2.45, 2.75) is 58.5 Å². The zero-order valence-electron chi connectivity index (χ0n) is 10.1. The van der Waals surface area contributed by atoms with Crippen LogP contribution >= 0.6 is 0 Å². The van der Waals surface area contributed by atoms with Gasteiger partial charge in [0.25, 0.3) is 0 Å². The van der Waals surface area contributed by atoms with Gasteiger partial charge in [-0.2, -0.15) is 0 Å². The van der Waals surface area contributed by atoms with Gasteiger partial charge in [0.15, 0.2) is 0 Å². The molecule has 1 fully saturated rings. The Hall–Kier alpha value is -0.0800. The first-order valence-electron chi connectivity index (χ1n) is 6.25. The van der Waals surface area contributed by atoms with Crippen LogP contribution in [0.1, 0.15) is 46.5 Å². The summed E-state index contributed by atoms with van der Waals surface area (Å²) in [6, 6.07) is 1.61. The molecule has 0 aromatic rings. The quantitative estimate of drug-likeness (QED) is 0.643. The minimum absolute atomic E-state index is 0.742. The van der Waals surface area contributed by atoms with E-state index in [4.69, 9.17) is 0 Å². The van der Waals surface area contributed by atoms with Crippen molar-refractivity contribution >= 4 is 0 Å². The summed E-state index contributed by atoms with van der Waals surface area (Å²) in [6.45, 7) is 10.5. The molecule has 0 heterocycles. The second-order valence-corrected chi connectivity index (χ2v) is 4.49. The summed E-state index contributed by atoms with van der Waals surface area (Å²) >= 11 is 0. The average molecular weight is 198 g/mol. The highest BCUT2D eigenvalue weighted by atomic mass is 15.1. The third-order valence-corrected chi connectivity index (χ3v) is 3.11. The first kappa shape index (κ1) is 12.0. The Kier molecular flexibility index (Phi) is 5.49. The molecule has 0 spiro atoms. The Balaban J connectivity index is 2.06. The van der Waals surface area contributed by atoms with Crippen LogP contribution in [0, 0.1) is 0 Å². The molecule has 1 saturated carbocycles. The number of nitrogens with zero attached hydrogens (tertiary/aromatic N) is 1. The molecule has 14 heavy (non-hydrogen) atoms. The van der Waals surface area contributed by atoms with Crippen LogP contribution in [0.25, 0.3) is 0 Å². The zero-order valence-corrected chi connectivity index (χ0v) is 10.1. The maximum absolute atomic E-state index is 3.58. The van der Waals surface area contributed by atoms with Crippen molar-refractivity contribution in [3.63, 3.8) is 0 Å². The van der Waals surface area contributed by atoms with Crippen LogP contribution in [0.3, 0.4) is 0 Å². The SMILES string of the molecule is CCCN(CC)C(C)CCNC1CC1. The normalized spacial score (nSPS) is 18.9. The number of hydrogen-bond acceptors (Lipinski definition) is 2. The van der Waals surface area contributed by atoms with Crippen molar-refractivity contribution in [2.24, 2.45) is 0 Å². The highest BCUT2D eigenvalue weighted by Crippen LogP contribution is 2.18. The average Bonchev–Trinajstić information content (AvgIpc) is 2.97. The van der Waals surface area contributed by atoms with E-state index in [2.05, 4.69) is 31.0 Å². The molecule has 1 unspecified atom stereocenters. The van der Waals surface area contributed by atoms with Gasteiger partial charge in [-0.1, -0.05) is 13.8 Å². The third kappa shape index (κ3) is 4.43. The van der Waals surface area contributed by atoms with Crippen LogP contribution < -0.4 is 5.32 Å². The number of nitrogens with one attached hydrogen (secondary N) is 1. The second-order valence-electron chi connectivity index (χ2n) is 4.49. The first-order chi connectivity index (χ1) is 6.77. The van der Waals surface area contributed by atoms with Gasteiger partial charge in [0.2, 0.25) is 0 Å². The van der Waals surface area contributed by atoms with Crippen molar-refractivity contribution in [3.8, 4) is 0 Å². The fourth-order valence-electron chi connectivity index (χ4n) is 1.94. The fourth-order valence-corrected chi connectivity index (χ4v) is 1.94. The van der Waals surface area contributed by atoms with Gasteiger partial charge in [-0.25, -0.2) is 0 Å². The molecule has 0 aromatic heterocycles. The molecule has 2 heteroatoms. The van der Waals surface area contributed by atoms with Gasteiger partial charge < -0.3 is 10.2 Å². The fraction of sp³-hybridized carbons (Fsp3) is 1.00. The molecule has 1 atom stereocenters. The lowest BCUT2D eigenvalue weighted by atomic mass is 10.2. The predicted octanol–water partition coefficient (Wildman–Crippen LogP) is 2.25. The molecule has 2 nitrogen and oxygen atoms in total. The van der Waals surface area contributed by atoms with Crippen molar-refractivity contribution < 1.29 is 0 Å². The molecule has 1 rings (SSSR count). The van der Waals surface area contributed by atoms with Crippen LogP contribution in [0.5, 0.6) is 0 Å². The van der Waals surface area contributed by atoms with Crippen molar-refractivity contribution in [2.75, 3.05) is 19.6 Å². The Morgan fingerprint density at radius 1 is 1.36 bits per heavy atom. The lowest BCUT2D eigenvalue weighted by Crippen LogP contribution is -2.36. The van der Waals surface area contributed by atoms with Crippen LogP contribution in [0.15, 0.2) is 0 Å². The van der Waals surface area contributed by atoms with Gasteiger partial charge in [0.05, 0.1) is 0 Å². The number of hydrogen-bond donors (Lipinski definition) is 1. The van der Waals surface area contributed by atoms with E-state index in [9.17, 15) is 0 Å². The smallest absolute Gasteiger partial charge is 0.00788 e. The van der Waals surface area contributed by atoms with Crippen LogP contribution in [-0.2, 0) is 0 Å². The maximum atomic E-state index is 3.58. The van der Waals surface area contributed by atoms with E-state index in [0.29, 0.717) is 0 Å². The van der Waals surface area contributed by atoms with E-state index in [1.807, 2.05) is 0 Å². The summed E-state index contributed by atoms with van der Waals surface area (Å²) in [4.78, 5) is 2.58. The van der Waals surface area contributed by atoms with E-state index >= 15 is 0 Å². The van der Waals surface area contributed by atoms with Crippen molar-refractivity contribution in [1.29, 1.82) is 0 Å². The van der Waals surface area contributed by atoms with Gasteiger partial charge in [-0.3, -0.25) is 0 Å². The van der Waals surface area contributed by atoms with E-state index < -0.39 is 0 Å². The molecule has 0 aliphatic heterocycles. The summed E-state index contributed by atoms with van der Waals surface area (Å²) in [5.41, 5.74) is 0. The molecule has 1 aliphatic rings. The van der Waals surface area contributed by atoms with Gasteiger partial charge in [0, 0.05) is 12.1 Å².